The number of benzene rings is 1. The molecule has 1 unspecified atom stereocenters. The molecule has 1 saturated heterocycles. The van der Waals surface area contributed by atoms with Crippen LogP contribution in [0.1, 0.15) is 25.3 Å². The molecule has 1 aromatic rings. The Morgan fingerprint density at radius 3 is 2.50 bits per heavy atom. The third kappa shape index (κ3) is 4.31. The summed E-state index contributed by atoms with van der Waals surface area (Å²) in [6.45, 7) is 4.07. The van der Waals surface area contributed by atoms with E-state index in [4.69, 9.17) is 5.73 Å². The van der Waals surface area contributed by atoms with E-state index >= 15 is 0 Å². The first-order valence-electron chi connectivity index (χ1n) is 7.92. The number of nitrogens with one attached hydrogen (secondary N) is 1. The summed E-state index contributed by atoms with van der Waals surface area (Å²) in [6.07, 6.45) is 1.45. The molecule has 1 aliphatic heterocycles. The summed E-state index contributed by atoms with van der Waals surface area (Å²) in [4.78, 5) is 26.1. The van der Waals surface area contributed by atoms with Crippen molar-refractivity contribution in [3.05, 3.63) is 35.9 Å². The Morgan fingerprint density at radius 2 is 1.91 bits per heavy atom. The smallest absolute Gasteiger partial charge is 0.226 e. The number of amides is 2. The molecule has 0 bridgehead atoms. The van der Waals surface area contributed by atoms with E-state index in [0.717, 1.165) is 18.4 Å². The van der Waals surface area contributed by atoms with E-state index in [2.05, 4.69) is 5.32 Å². The lowest BCUT2D eigenvalue weighted by Gasteiger charge is -2.32. The molecule has 1 heterocycles. The molecule has 1 fully saturated rings. The molecule has 0 aliphatic carbocycles. The molecule has 0 aromatic heterocycles. The van der Waals surface area contributed by atoms with Gasteiger partial charge in [0.05, 0.1) is 0 Å². The van der Waals surface area contributed by atoms with Crippen LogP contribution in [-0.2, 0) is 16.1 Å². The van der Waals surface area contributed by atoms with Gasteiger partial charge in [-0.3, -0.25) is 9.59 Å². The molecule has 120 valence electrons. The first-order valence-corrected chi connectivity index (χ1v) is 7.92. The van der Waals surface area contributed by atoms with Gasteiger partial charge in [0, 0.05) is 38.0 Å². The zero-order chi connectivity index (χ0) is 15.9. The average molecular weight is 303 g/mol. The third-order valence-corrected chi connectivity index (χ3v) is 4.26. The molecular formula is C17H25N3O2. The molecule has 1 aliphatic rings. The second kappa shape index (κ2) is 7.94. The number of carbonyl (C=O) groups is 2. The highest BCUT2D eigenvalue weighted by molar-refractivity contribution is 5.81. The van der Waals surface area contributed by atoms with Crippen LogP contribution in [0.15, 0.2) is 30.3 Å². The molecule has 2 rings (SSSR count). The molecule has 3 N–H and O–H groups in total. The Bertz CT molecular complexity index is 496. The highest BCUT2D eigenvalue weighted by atomic mass is 16.2. The van der Waals surface area contributed by atoms with E-state index in [1.807, 2.05) is 42.2 Å². The summed E-state index contributed by atoms with van der Waals surface area (Å²) in [7, 11) is 0. The van der Waals surface area contributed by atoms with Crippen molar-refractivity contribution >= 4 is 11.8 Å². The van der Waals surface area contributed by atoms with Gasteiger partial charge < -0.3 is 16.0 Å². The second-order valence-corrected chi connectivity index (χ2v) is 5.94. The first-order chi connectivity index (χ1) is 10.6. The molecule has 0 spiro atoms. The summed E-state index contributed by atoms with van der Waals surface area (Å²) in [6, 6.07) is 9.88. The van der Waals surface area contributed by atoms with Crippen LogP contribution in [-0.4, -0.2) is 36.3 Å². The topological polar surface area (TPSA) is 75.4 Å². The molecular weight excluding hydrogens is 278 g/mol. The normalized spacial score (nSPS) is 17.1. The van der Waals surface area contributed by atoms with Crippen LogP contribution in [0.3, 0.4) is 0 Å². The highest BCUT2D eigenvalue weighted by Crippen LogP contribution is 2.19. The van der Waals surface area contributed by atoms with Gasteiger partial charge in [0.2, 0.25) is 11.8 Å². The van der Waals surface area contributed by atoms with Crippen molar-refractivity contribution in [1.29, 1.82) is 0 Å². The quantitative estimate of drug-likeness (QED) is 0.856. The number of nitrogens with two attached hydrogens (primary N) is 1. The number of rotatable bonds is 5. The molecule has 1 atom stereocenters. The van der Waals surface area contributed by atoms with Crippen molar-refractivity contribution in [2.24, 2.45) is 17.6 Å². The van der Waals surface area contributed by atoms with Crippen LogP contribution in [0.5, 0.6) is 0 Å². The lowest BCUT2D eigenvalue weighted by Crippen LogP contribution is -2.45. The van der Waals surface area contributed by atoms with Gasteiger partial charge in [-0.25, -0.2) is 0 Å². The Kier molecular flexibility index (Phi) is 5.95. The number of nitrogens with zero attached hydrogens (tertiary/aromatic N) is 1. The van der Waals surface area contributed by atoms with Crippen LogP contribution < -0.4 is 11.1 Å². The number of carbonyl (C=O) groups excluding carboxylic acids is 2. The van der Waals surface area contributed by atoms with Gasteiger partial charge in [-0.15, -0.1) is 0 Å². The van der Waals surface area contributed by atoms with E-state index < -0.39 is 0 Å². The van der Waals surface area contributed by atoms with E-state index in [1.54, 1.807) is 0 Å². The minimum absolute atomic E-state index is 0.000875. The summed E-state index contributed by atoms with van der Waals surface area (Å²) >= 11 is 0. The summed E-state index contributed by atoms with van der Waals surface area (Å²) in [5, 5.41) is 2.98. The Balaban J connectivity index is 1.76. The number of likely N-dealkylation sites (tertiary alicyclic amines) is 1. The molecule has 0 radical (unpaired) electrons. The number of hydrogen-bond acceptors (Lipinski definition) is 3. The van der Waals surface area contributed by atoms with E-state index in [0.29, 0.717) is 26.2 Å². The largest absolute Gasteiger partial charge is 0.352 e. The lowest BCUT2D eigenvalue weighted by molar-refractivity contribution is -0.138. The van der Waals surface area contributed by atoms with E-state index in [1.165, 1.54) is 0 Å². The van der Waals surface area contributed by atoms with Crippen LogP contribution in [0.4, 0.5) is 0 Å². The average Bonchev–Trinajstić information content (AvgIpc) is 2.59. The van der Waals surface area contributed by atoms with Crippen LogP contribution in [0, 0.1) is 11.8 Å². The van der Waals surface area contributed by atoms with Crippen LogP contribution >= 0.6 is 0 Å². The second-order valence-electron chi connectivity index (χ2n) is 5.94. The van der Waals surface area contributed by atoms with Crippen molar-refractivity contribution in [3.63, 3.8) is 0 Å². The Hall–Kier alpha value is -1.88. The summed E-state index contributed by atoms with van der Waals surface area (Å²) in [5.74, 6) is 0.0536. The van der Waals surface area contributed by atoms with Crippen molar-refractivity contribution in [2.75, 3.05) is 19.6 Å². The monoisotopic (exact) mass is 303 g/mol. The molecule has 1 aromatic carbocycles. The maximum absolute atomic E-state index is 12.2. The molecule has 5 nitrogen and oxygen atoms in total. The fourth-order valence-corrected chi connectivity index (χ4v) is 2.70. The van der Waals surface area contributed by atoms with Gasteiger partial charge in [0.25, 0.3) is 0 Å². The minimum Gasteiger partial charge on any atom is -0.352 e. The fraction of sp³-hybridized carbons (Fsp3) is 0.529. The third-order valence-electron chi connectivity index (χ3n) is 4.26. The van der Waals surface area contributed by atoms with E-state index in [9.17, 15) is 9.59 Å². The molecule has 2 amide bonds. The maximum atomic E-state index is 12.2. The van der Waals surface area contributed by atoms with Crippen molar-refractivity contribution < 1.29 is 9.59 Å². The van der Waals surface area contributed by atoms with Gasteiger partial charge in [-0.05, 0) is 18.4 Å². The van der Waals surface area contributed by atoms with Crippen LogP contribution in [0.25, 0.3) is 0 Å². The maximum Gasteiger partial charge on any atom is 0.226 e. The first kappa shape index (κ1) is 16.5. The lowest BCUT2D eigenvalue weighted by atomic mass is 9.95. The molecule has 22 heavy (non-hydrogen) atoms. The zero-order valence-electron chi connectivity index (χ0n) is 13.1. The standard InChI is InChI=1S/C17H25N3O2/c1-13(11-18)17(22)20-9-7-15(8-10-20)16(21)19-12-14-5-3-2-4-6-14/h2-6,13,15H,7-12,18H2,1H3,(H,19,21). The number of hydrogen-bond donors (Lipinski definition) is 2. The Labute approximate surface area is 131 Å². The highest BCUT2D eigenvalue weighted by Gasteiger charge is 2.28. The Morgan fingerprint density at radius 1 is 1.27 bits per heavy atom. The van der Waals surface area contributed by atoms with Crippen molar-refractivity contribution in [1.82, 2.24) is 10.2 Å². The van der Waals surface area contributed by atoms with Crippen molar-refractivity contribution in [2.45, 2.75) is 26.3 Å². The minimum atomic E-state index is -0.136. The predicted molar refractivity (Wildman–Crippen MR) is 85.8 cm³/mol. The van der Waals surface area contributed by atoms with Gasteiger partial charge in [0.15, 0.2) is 0 Å². The van der Waals surface area contributed by atoms with Gasteiger partial charge in [-0.1, -0.05) is 37.3 Å². The van der Waals surface area contributed by atoms with Crippen molar-refractivity contribution in [3.8, 4) is 0 Å². The van der Waals surface area contributed by atoms with Crippen LogP contribution in [0.2, 0.25) is 0 Å². The molecule has 0 saturated carbocycles. The zero-order valence-corrected chi connectivity index (χ0v) is 13.1. The fourth-order valence-electron chi connectivity index (χ4n) is 2.70. The SMILES string of the molecule is CC(CN)C(=O)N1CCC(C(=O)NCc2ccccc2)CC1. The summed E-state index contributed by atoms with van der Waals surface area (Å²) in [5.41, 5.74) is 6.64. The van der Waals surface area contributed by atoms with Gasteiger partial charge in [0.1, 0.15) is 0 Å². The number of piperidine rings is 1. The predicted octanol–water partition coefficient (Wildman–Crippen LogP) is 1.14. The van der Waals surface area contributed by atoms with Gasteiger partial charge >= 0.3 is 0 Å². The molecule has 5 heteroatoms. The summed E-state index contributed by atoms with van der Waals surface area (Å²) < 4.78 is 0. The van der Waals surface area contributed by atoms with E-state index in [-0.39, 0.29) is 23.7 Å². The van der Waals surface area contributed by atoms with Gasteiger partial charge in [-0.2, -0.15) is 0 Å².